The Labute approximate surface area is 97.2 Å². The van der Waals surface area contributed by atoms with E-state index in [1.165, 1.54) is 18.4 Å². The van der Waals surface area contributed by atoms with Gasteiger partial charge in [-0.05, 0) is 50.6 Å². The summed E-state index contributed by atoms with van der Waals surface area (Å²) in [5, 5.41) is 6.95. The van der Waals surface area contributed by atoms with E-state index in [0.717, 1.165) is 24.5 Å². The van der Waals surface area contributed by atoms with Crippen LogP contribution in [0, 0.1) is 6.92 Å². The van der Waals surface area contributed by atoms with Crippen molar-refractivity contribution in [3.63, 3.8) is 0 Å². The summed E-state index contributed by atoms with van der Waals surface area (Å²) in [7, 11) is 1.72. The molecule has 0 unspecified atom stereocenters. The maximum absolute atomic E-state index is 5.36. The number of nitrogens with one attached hydrogen (secondary N) is 2. The smallest absolute Gasteiger partial charge is 0.141 e. The molecule has 2 rings (SSSR count). The lowest BCUT2D eigenvalue weighted by molar-refractivity contribution is 0.414. The van der Waals surface area contributed by atoms with E-state index in [1.807, 2.05) is 6.07 Å². The molecule has 1 aromatic carbocycles. The average Bonchev–Trinajstić information content (AvgIpc) is 2.31. The second-order valence-electron chi connectivity index (χ2n) is 4.37. The SMILES string of the molecule is COc1ccc(C)cc1NC1CCNCC1. The number of hydrogen-bond donors (Lipinski definition) is 2. The third kappa shape index (κ3) is 2.67. The molecular formula is C13H20N2O. The van der Waals surface area contributed by atoms with E-state index in [0.29, 0.717) is 6.04 Å². The van der Waals surface area contributed by atoms with Gasteiger partial charge in [-0.15, -0.1) is 0 Å². The van der Waals surface area contributed by atoms with Crippen LogP contribution in [0.15, 0.2) is 18.2 Å². The topological polar surface area (TPSA) is 33.3 Å². The zero-order chi connectivity index (χ0) is 11.4. The number of methoxy groups -OCH3 is 1. The molecule has 1 heterocycles. The molecular weight excluding hydrogens is 200 g/mol. The van der Waals surface area contributed by atoms with Crippen LogP contribution in [-0.2, 0) is 0 Å². The summed E-state index contributed by atoms with van der Waals surface area (Å²) in [5.41, 5.74) is 2.38. The van der Waals surface area contributed by atoms with E-state index in [9.17, 15) is 0 Å². The Kier molecular flexibility index (Phi) is 3.67. The fourth-order valence-corrected chi connectivity index (χ4v) is 2.12. The van der Waals surface area contributed by atoms with Crippen LogP contribution in [-0.4, -0.2) is 26.2 Å². The first kappa shape index (κ1) is 11.3. The Balaban J connectivity index is 2.09. The van der Waals surface area contributed by atoms with E-state index in [4.69, 9.17) is 4.74 Å². The molecule has 0 spiro atoms. The molecule has 0 saturated carbocycles. The number of piperidine rings is 1. The van der Waals surface area contributed by atoms with Crippen molar-refractivity contribution in [3.8, 4) is 5.75 Å². The van der Waals surface area contributed by atoms with E-state index >= 15 is 0 Å². The molecule has 1 fully saturated rings. The number of hydrogen-bond acceptors (Lipinski definition) is 3. The Morgan fingerprint density at radius 1 is 1.31 bits per heavy atom. The first-order valence-electron chi connectivity index (χ1n) is 5.91. The second-order valence-corrected chi connectivity index (χ2v) is 4.37. The van der Waals surface area contributed by atoms with Gasteiger partial charge in [0.25, 0.3) is 0 Å². The average molecular weight is 220 g/mol. The molecule has 3 heteroatoms. The van der Waals surface area contributed by atoms with Gasteiger partial charge < -0.3 is 15.4 Å². The molecule has 1 aliphatic rings. The third-order valence-electron chi connectivity index (χ3n) is 3.05. The molecule has 0 aliphatic carbocycles. The van der Waals surface area contributed by atoms with Crippen molar-refractivity contribution in [2.75, 3.05) is 25.5 Å². The quantitative estimate of drug-likeness (QED) is 0.819. The van der Waals surface area contributed by atoms with Crippen molar-refractivity contribution < 1.29 is 4.74 Å². The lowest BCUT2D eigenvalue weighted by Crippen LogP contribution is -2.35. The van der Waals surface area contributed by atoms with Gasteiger partial charge in [-0.25, -0.2) is 0 Å². The minimum absolute atomic E-state index is 0.567. The largest absolute Gasteiger partial charge is 0.495 e. The van der Waals surface area contributed by atoms with E-state index in [-0.39, 0.29) is 0 Å². The van der Waals surface area contributed by atoms with Crippen molar-refractivity contribution in [3.05, 3.63) is 23.8 Å². The summed E-state index contributed by atoms with van der Waals surface area (Å²) in [4.78, 5) is 0. The fraction of sp³-hybridized carbons (Fsp3) is 0.538. The summed E-state index contributed by atoms with van der Waals surface area (Å²) < 4.78 is 5.36. The van der Waals surface area contributed by atoms with Crippen LogP contribution in [0.3, 0.4) is 0 Å². The maximum atomic E-state index is 5.36. The van der Waals surface area contributed by atoms with Gasteiger partial charge in [-0.2, -0.15) is 0 Å². The lowest BCUT2D eigenvalue weighted by Gasteiger charge is -2.25. The van der Waals surface area contributed by atoms with Gasteiger partial charge in [-0.3, -0.25) is 0 Å². The number of benzene rings is 1. The van der Waals surface area contributed by atoms with Crippen LogP contribution < -0.4 is 15.4 Å². The summed E-state index contributed by atoms with van der Waals surface area (Å²) in [6, 6.07) is 6.82. The number of anilines is 1. The first-order valence-corrected chi connectivity index (χ1v) is 5.91. The zero-order valence-corrected chi connectivity index (χ0v) is 10.0. The minimum atomic E-state index is 0.567. The highest BCUT2D eigenvalue weighted by Crippen LogP contribution is 2.26. The van der Waals surface area contributed by atoms with Gasteiger partial charge in [0, 0.05) is 6.04 Å². The molecule has 1 aromatic rings. The van der Waals surface area contributed by atoms with Crippen molar-refractivity contribution in [2.45, 2.75) is 25.8 Å². The maximum Gasteiger partial charge on any atom is 0.141 e. The van der Waals surface area contributed by atoms with Gasteiger partial charge in [0.05, 0.1) is 12.8 Å². The van der Waals surface area contributed by atoms with Crippen molar-refractivity contribution in [1.82, 2.24) is 5.32 Å². The van der Waals surface area contributed by atoms with Crippen molar-refractivity contribution >= 4 is 5.69 Å². The number of aryl methyl sites for hydroxylation is 1. The molecule has 0 bridgehead atoms. The Hall–Kier alpha value is -1.22. The van der Waals surface area contributed by atoms with Crippen LogP contribution in [0.1, 0.15) is 18.4 Å². The van der Waals surface area contributed by atoms with E-state index < -0.39 is 0 Å². The molecule has 16 heavy (non-hydrogen) atoms. The van der Waals surface area contributed by atoms with Crippen molar-refractivity contribution in [1.29, 1.82) is 0 Å². The highest BCUT2D eigenvalue weighted by Gasteiger charge is 2.14. The molecule has 0 radical (unpaired) electrons. The van der Waals surface area contributed by atoms with Gasteiger partial charge >= 0.3 is 0 Å². The first-order chi connectivity index (χ1) is 7.79. The molecule has 0 amide bonds. The van der Waals surface area contributed by atoms with Gasteiger partial charge in [0.1, 0.15) is 5.75 Å². The lowest BCUT2D eigenvalue weighted by atomic mass is 10.1. The van der Waals surface area contributed by atoms with Crippen LogP contribution in [0.5, 0.6) is 5.75 Å². The second kappa shape index (κ2) is 5.21. The Morgan fingerprint density at radius 2 is 2.06 bits per heavy atom. The summed E-state index contributed by atoms with van der Waals surface area (Å²) >= 11 is 0. The molecule has 2 N–H and O–H groups in total. The third-order valence-corrected chi connectivity index (χ3v) is 3.05. The molecule has 1 saturated heterocycles. The minimum Gasteiger partial charge on any atom is -0.495 e. The monoisotopic (exact) mass is 220 g/mol. The van der Waals surface area contributed by atoms with Gasteiger partial charge in [0.15, 0.2) is 0 Å². The van der Waals surface area contributed by atoms with Crippen LogP contribution in [0.25, 0.3) is 0 Å². The van der Waals surface area contributed by atoms with Gasteiger partial charge in [0.2, 0.25) is 0 Å². The highest BCUT2D eigenvalue weighted by atomic mass is 16.5. The van der Waals surface area contributed by atoms with Crippen LogP contribution in [0.4, 0.5) is 5.69 Å². The number of ether oxygens (including phenoxy) is 1. The molecule has 88 valence electrons. The molecule has 0 aromatic heterocycles. The van der Waals surface area contributed by atoms with Crippen molar-refractivity contribution in [2.24, 2.45) is 0 Å². The normalized spacial score (nSPS) is 17.1. The summed E-state index contributed by atoms with van der Waals surface area (Å²) in [6.07, 6.45) is 2.36. The van der Waals surface area contributed by atoms with Crippen LogP contribution in [0.2, 0.25) is 0 Å². The number of rotatable bonds is 3. The standard InChI is InChI=1S/C13H20N2O/c1-10-3-4-13(16-2)12(9-10)15-11-5-7-14-8-6-11/h3-4,9,11,14-15H,5-8H2,1-2H3. The summed E-state index contributed by atoms with van der Waals surface area (Å²) in [5.74, 6) is 0.934. The fourth-order valence-electron chi connectivity index (χ4n) is 2.12. The molecule has 0 atom stereocenters. The van der Waals surface area contributed by atoms with Gasteiger partial charge in [-0.1, -0.05) is 6.07 Å². The van der Waals surface area contributed by atoms with E-state index in [2.05, 4.69) is 29.7 Å². The summed E-state index contributed by atoms with van der Waals surface area (Å²) in [6.45, 7) is 4.31. The van der Waals surface area contributed by atoms with Crippen LogP contribution >= 0.6 is 0 Å². The predicted octanol–water partition coefficient (Wildman–Crippen LogP) is 2.17. The highest BCUT2D eigenvalue weighted by molar-refractivity contribution is 5.58. The molecule has 1 aliphatic heterocycles. The predicted molar refractivity (Wildman–Crippen MR) is 67.2 cm³/mol. The Bertz CT molecular complexity index is 346. The zero-order valence-electron chi connectivity index (χ0n) is 10.0. The molecule has 3 nitrogen and oxygen atoms in total. The Morgan fingerprint density at radius 3 is 2.75 bits per heavy atom. The van der Waals surface area contributed by atoms with E-state index in [1.54, 1.807) is 7.11 Å².